The first-order chi connectivity index (χ1) is 8.52. The minimum Gasteiger partial charge on any atom is -0.288 e. The summed E-state index contributed by atoms with van der Waals surface area (Å²) in [5, 5.41) is 0. The summed E-state index contributed by atoms with van der Waals surface area (Å²) in [6, 6.07) is 2.39. The zero-order chi connectivity index (χ0) is 13.3. The lowest BCUT2D eigenvalue weighted by atomic mass is 10.0. The van der Waals surface area contributed by atoms with Gasteiger partial charge in [0.25, 0.3) is 0 Å². The van der Waals surface area contributed by atoms with Gasteiger partial charge in [-0.15, -0.1) is 0 Å². The number of benzene rings is 1. The van der Waals surface area contributed by atoms with E-state index in [2.05, 4.69) is 4.98 Å². The Morgan fingerprint density at radius 1 is 0.889 bits per heavy atom. The van der Waals surface area contributed by atoms with Crippen LogP contribution in [0.2, 0.25) is 0 Å². The lowest BCUT2D eigenvalue weighted by Gasteiger charge is -2.04. The number of aromatic nitrogens is 1. The maximum atomic E-state index is 13.4. The Labute approximate surface area is 98.9 Å². The van der Waals surface area contributed by atoms with Crippen molar-refractivity contribution in [3.63, 3.8) is 0 Å². The molecule has 92 valence electrons. The van der Waals surface area contributed by atoms with Crippen LogP contribution >= 0.6 is 0 Å². The van der Waals surface area contributed by atoms with Gasteiger partial charge in [-0.1, -0.05) is 0 Å². The summed E-state index contributed by atoms with van der Waals surface area (Å²) < 4.78 is 52.3. The molecule has 1 aromatic heterocycles. The first-order valence-electron chi connectivity index (χ1n) is 4.80. The molecule has 0 unspecified atom stereocenters. The molecule has 0 bridgehead atoms. The smallest absolute Gasteiger partial charge is 0.199 e. The van der Waals surface area contributed by atoms with Crippen LogP contribution in [0.15, 0.2) is 30.6 Å². The first-order valence-corrected chi connectivity index (χ1v) is 4.80. The third-order valence-electron chi connectivity index (χ3n) is 2.30. The number of rotatable bonds is 2. The molecule has 0 saturated carbocycles. The van der Waals surface area contributed by atoms with E-state index in [0.29, 0.717) is 6.07 Å². The third-order valence-corrected chi connectivity index (χ3v) is 2.30. The van der Waals surface area contributed by atoms with Crippen molar-refractivity contribution in [1.29, 1.82) is 0 Å². The highest BCUT2D eigenvalue weighted by Crippen LogP contribution is 2.19. The van der Waals surface area contributed by atoms with E-state index in [-0.39, 0.29) is 0 Å². The molecule has 2 nitrogen and oxygen atoms in total. The van der Waals surface area contributed by atoms with Crippen LogP contribution in [0.4, 0.5) is 17.6 Å². The van der Waals surface area contributed by atoms with Crippen LogP contribution in [-0.4, -0.2) is 10.8 Å². The molecule has 2 rings (SSSR count). The maximum absolute atomic E-state index is 13.4. The van der Waals surface area contributed by atoms with Crippen molar-refractivity contribution in [2.24, 2.45) is 0 Å². The highest BCUT2D eigenvalue weighted by Gasteiger charge is 2.21. The van der Waals surface area contributed by atoms with Crippen LogP contribution in [0.3, 0.4) is 0 Å². The van der Waals surface area contributed by atoms with Gasteiger partial charge in [0.05, 0.1) is 17.3 Å². The second-order valence-corrected chi connectivity index (χ2v) is 3.41. The summed E-state index contributed by atoms with van der Waals surface area (Å²) in [6.07, 6.45) is 1.90. The third kappa shape index (κ3) is 1.97. The van der Waals surface area contributed by atoms with Crippen LogP contribution in [0.25, 0.3) is 0 Å². The zero-order valence-electron chi connectivity index (χ0n) is 8.75. The van der Waals surface area contributed by atoms with E-state index in [1.165, 1.54) is 0 Å². The van der Waals surface area contributed by atoms with E-state index in [4.69, 9.17) is 0 Å². The molecule has 0 atom stereocenters. The number of hydrogen-bond donors (Lipinski definition) is 0. The van der Waals surface area contributed by atoms with Crippen molar-refractivity contribution in [2.75, 3.05) is 0 Å². The van der Waals surface area contributed by atoms with Gasteiger partial charge < -0.3 is 0 Å². The molecular formula is C12H5F4NO. The predicted molar refractivity (Wildman–Crippen MR) is 53.9 cm³/mol. The highest BCUT2D eigenvalue weighted by atomic mass is 19.2. The van der Waals surface area contributed by atoms with E-state index in [0.717, 1.165) is 24.5 Å². The Balaban J connectivity index is 2.54. The molecule has 0 aliphatic carbocycles. The largest absolute Gasteiger partial charge is 0.288 e. The fraction of sp³-hybridized carbons (Fsp3) is 0. The zero-order valence-corrected chi connectivity index (χ0v) is 8.75. The summed E-state index contributed by atoms with van der Waals surface area (Å²) in [5.74, 6) is -6.87. The Bertz CT molecular complexity index is 627. The first kappa shape index (κ1) is 12.2. The number of halogens is 4. The summed E-state index contributed by atoms with van der Waals surface area (Å²) in [6.45, 7) is 0. The number of hydrogen-bond acceptors (Lipinski definition) is 2. The van der Waals surface area contributed by atoms with Crippen molar-refractivity contribution < 1.29 is 22.4 Å². The Morgan fingerprint density at radius 3 is 2.28 bits per heavy atom. The molecular weight excluding hydrogens is 250 g/mol. The lowest BCUT2D eigenvalue weighted by molar-refractivity contribution is 0.103. The van der Waals surface area contributed by atoms with E-state index < -0.39 is 40.2 Å². The van der Waals surface area contributed by atoms with Gasteiger partial charge in [-0.25, -0.2) is 17.6 Å². The monoisotopic (exact) mass is 255 g/mol. The molecule has 0 radical (unpaired) electrons. The number of carbonyl (C=O) groups is 1. The van der Waals surface area contributed by atoms with Crippen LogP contribution < -0.4 is 0 Å². The number of ketones is 1. The average molecular weight is 255 g/mol. The van der Waals surface area contributed by atoms with Gasteiger partial charge in [0.1, 0.15) is 0 Å². The molecule has 1 aromatic carbocycles. The van der Waals surface area contributed by atoms with Gasteiger partial charge >= 0.3 is 0 Å². The van der Waals surface area contributed by atoms with E-state index in [1.807, 2.05) is 0 Å². The molecule has 1 heterocycles. The molecule has 0 aliphatic heterocycles. The normalized spacial score (nSPS) is 10.4. The molecule has 0 spiro atoms. The maximum Gasteiger partial charge on any atom is 0.199 e. The second kappa shape index (κ2) is 4.56. The highest BCUT2D eigenvalue weighted by molar-refractivity contribution is 6.09. The van der Waals surface area contributed by atoms with Gasteiger partial charge in [-0.05, 0) is 18.2 Å². The van der Waals surface area contributed by atoms with Crippen molar-refractivity contribution in [3.05, 3.63) is 65.0 Å². The van der Waals surface area contributed by atoms with Crippen molar-refractivity contribution >= 4 is 5.78 Å². The van der Waals surface area contributed by atoms with E-state index >= 15 is 0 Å². The SMILES string of the molecule is O=C(c1ccncc1F)c1ccc(F)c(F)c1F. The minimum atomic E-state index is -1.77. The molecule has 0 aliphatic rings. The number of pyridine rings is 1. The summed E-state index contributed by atoms with van der Waals surface area (Å²) in [4.78, 5) is 15.2. The van der Waals surface area contributed by atoms with Gasteiger partial charge in [0.2, 0.25) is 0 Å². The Morgan fingerprint density at radius 2 is 1.61 bits per heavy atom. The fourth-order valence-corrected chi connectivity index (χ4v) is 1.41. The van der Waals surface area contributed by atoms with Gasteiger partial charge in [-0.3, -0.25) is 9.78 Å². The summed E-state index contributed by atoms with van der Waals surface area (Å²) >= 11 is 0. The topological polar surface area (TPSA) is 30.0 Å². The fourth-order valence-electron chi connectivity index (χ4n) is 1.41. The standard InChI is InChI=1S/C12H5F4NO/c13-8-2-1-7(10(15)11(8)16)12(18)6-3-4-17-5-9(6)14/h1-5H. The van der Waals surface area contributed by atoms with Crippen molar-refractivity contribution in [1.82, 2.24) is 4.98 Å². The van der Waals surface area contributed by atoms with Crippen LogP contribution in [-0.2, 0) is 0 Å². The van der Waals surface area contributed by atoms with Gasteiger partial charge in [0, 0.05) is 6.20 Å². The minimum absolute atomic E-state index is 0.463. The number of nitrogens with zero attached hydrogens (tertiary/aromatic N) is 1. The Kier molecular flexibility index (Phi) is 3.10. The summed E-state index contributed by atoms with van der Waals surface area (Å²) in [7, 11) is 0. The van der Waals surface area contributed by atoms with Crippen LogP contribution in [0.5, 0.6) is 0 Å². The molecule has 6 heteroatoms. The molecule has 0 fully saturated rings. The molecule has 0 N–H and O–H groups in total. The van der Waals surface area contributed by atoms with Gasteiger partial charge in [0.15, 0.2) is 29.1 Å². The van der Waals surface area contributed by atoms with E-state index in [9.17, 15) is 22.4 Å². The molecule has 18 heavy (non-hydrogen) atoms. The average Bonchev–Trinajstić information content (AvgIpc) is 2.36. The molecule has 0 saturated heterocycles. The summed E-state index contributed by atoms with van der Waals surface area (Å²) in [5.41, 5.74) is -1.20. The quantitative estimate of drug-likeness (QED) is 0.469. The molecule has 0 amide bonds. The number of carbonyl (C=O) groups excluding carboxylic acids is 1. The van der Waals surface area contributed by atoms with Crippen LogP contribution in [0, 0.1) is 23.3 Å². The predicted octanol–water partition coefficient (Wildman–Crippen LogP) is 2.87. The Hall–Kier alpha value is -2.24. The van der Waals surface area contributed by atoms with E-state index in [1.54, 1.807) is 0 Å². The van der Waals surface area contributed by atoms with Gasteiger partial charge in [-0.2, -0.15) is 0 Å². The second-order valence-electron chi connectivity index (χ2n) is 3.41. The van der Waals surface area contributed by atoms with Crippen LogP contribution in [0.1, 0.15) is 15.9 Å². The van der Waals surface area contributed by atoms with Crippen molar-refractivity contribution in [2.45, 2.75) is 0 Å². The molecule has 2 aromatic rings. The lowest BCUT2D eigenvalue weighted by Crippen LogP contribution is -2.09. The van der Waals surface area contributed by atoms with Crippen molar-refractivity contribution in [3.8, 4) is 0 Å².